The molecule has 0 spiro atoms. The van der Waals surface area contributed by atoms with Crippen molar-refractivity contribution in [1.29, 1.82) is 0 Å². The Bertz CT molecular complexity index is 481. The number of hydrogen-bond acceptors (Lipinski definition) is 2. The van der Waals surface area contributed by atoms with Crippen LogP contribution in [0.4, 0.5) is 13.2 Å². The summed E-state index contributed by atoms with van der Waals surface area (Å²) in [4.78, 5) is 15.8. The van der Waals surface area contributed by atoms with Crippen molar-refractivity contribution >= 4 is 21.8 Å². The van der Waals surface area contributed by atoms with E-state index in [0.717, 1.165) is 24.0 Å². The van der Waals surface area contributed by atoms with Crippen LogP contribution in [0.5, 0.6) is 0 Å². The normalized spacial score (nSPS) is 16.5. The van der Waals surface area contributed by atoms with Gasteiger partial charge in [-0.15, -0.1) is 0 Å². The van der Waals surface area contributed by atoms with E-state index in [-0.39, 0.29) is 5.56 Å². The molecule has 1 aliphatic rings. The van der Waals surface area contributed by atoms with Gasteiger partial charge < -0.3 is 4.90 Å². The smallest absolute Gasteiger partial charge is 0.254 e. The van der Waals surface area contributed by atoms with Crippen molar-refractivity contribution in [3.05, 3.63) is 35.1 Å². The van der Waals surface area contributed by atoms with Crippen molar-refractivity contribution in [2.24, 2.45) is 0 Å². The largest absolute Gasteiger partial charge is 0.336 e. The van der Waals surface area contributed by atoms with E-state index in [4.69, 9.17) is 0 Å². The van der Waals surface area contributed by atoms with E-state index in [9.17, 15) is 18.0 Å². The summed E-state index contributed by atoms with van der Waals surface area (Å²) >= 11 is 3.35. The fourth-order valence-electron chi connectivity index (χ4n) is 2.16. The van der Waals surface area contributed by atoms with Gasteiger partial charge in [0.1, 0.15) is 0 Å². The second kappa shape index (κ2) is 6.58. The number of nitrogens with zero attached hydrogens (tertiary/aromatic N) is 2. The molecule has 0 N–H and O–H groups in total. The van der Waals surface area contributed by atoms with Gasteiger partial charge in [-0.1, -0.05) is 15.9 Å². The summed E-state index contributed by atoms with van der Waals surface area (Å²) in [5, 5.41) is 0.856. The molecular formula is C13H14BrF3N2O. The summed E-state index contributed by atoms with van der Waals surface area (Å²) < 4.78 is 39.1. The zero-order valence-electron chi connectivity index (χ0n) is 10.7. The number of carbonyl (C=O) groups excluding carboxylic acids is 1. The third-order valence-corrected chi connectivity index (χ3v) is 3.65. The van der Waals surface area contributed by atoms with Crippen LogP contribution in [-0.4, -0.2) is 53.8 Å². The molecule has 1 saturated heterocycles. The summed E-state index contributed by atoms with van der Waals surface area (Å²) in [5.74, 6) is -4.71. The van der Waals surface area contributed by atoms with Gasteiger partial charge in [0.15, 0.2) is 17.5 Å². The second-order valence-corrected chi connectivity index (χ2v) is 5.37. The van der Waals surface area contributed by atoms with E-state index in [2.05, 4.69) is 20.8 Å². The molecule has 1 aromatic carbocycles. The Morgan fingerprint density at radius 3 is 2.15 bits per heavy atom. The van der Waals surface area contributed by atoms with E-state index in [1.807, 2.05) is 0 Å². The van der Waals surface area contributed by atoms with Gasteiger partial charge in [0.25, 0.3) is 5.91 Å². The number of benzene rings is 1. The lowest BCUT2D eigenvalue weighted by molar-refractivity contribution is 0.0643. The van der Waals surface area contributed by atoms with Crippen molar-refractivity contribution in [3.8, 4) is 0 Å². The first-order chi connectivity index (χ1) is 9.52. The van der Waals surface area contributed by atoms with Gasteiger partial charge in [0.05, 0.1) is 0 Å². The van der Waals surface area contributed by atoms with Gasteiger partial charge in [-0.3, -0.25) is 9.69 Å². The molecule has 2 rings (SSSR count). The van der Waals surface area contributed by atoms with Gasteiger partial charge in [-0.2, -0.15) is 0 Å². The lowest BCUT2D eigenvalue weighted by Gasteiger charge is -2.34. The number of piperazine rings is 1. The maximum absolute atomic E-state index is 13.1. The number of alkyl halides is 1. The standard InChI is InChI=1S/C13H14BrF3N2O/c14-1-2-18-3-5-19(6-4-18)13(20)9-7-10(15)12(17)11(16)8-9/h7-8H,1-6H2. The van der Waals surface area contributed by atoms with Crippen molar-refractivity contribution in [2.45, 2.75) is 0 Å². The van der Waals surface area contributed by atoms with Gasteiger partial charge >= 0.3 is 0 Å². The first-order valence-electron chi connectivity index (χ1n) is 6.25. The summed E-state index contributed by atoms with van der Waals surface area (Å²) in [6.45, 7) is 3.30. The average Bonchev–Trinajstić information content (AvgIpc) is 2.44. The highest BCUT2D eigenvalue weighted by atomic mass is 79.9. The predicted octanol–water partition coefficient (Wildman–Crippen LogP) is 2.26. The number of rotatable bonds is 3. The molecule has 1 fully saturated rings. The number of halogens is 4. The molecule has 0 aromatic heterocycles. The molecule has 0 unspecified atom stereocenters. The third kappa shape index (κ3) is 3.32. The maximum Gasteiger partial charge on any atom is 0.254 e. The molecule has 0 radical (unpaired) electrons. The topological polar surface area (TPSA) is 23.6 Å². The molecular weight excluding hydrogens is 337 g/mol. The zero-order chi connectivity index (χ0) is 14.7. The van der Waals surface area contributed by atoms with Gasteiger partial charge in [0, 0.05) is 43.6 Å². The average molecular weight is 351 g/mol. The SMILES string of the molecule is O=C(c1cc(F)c(F)c(F)c1)N1CCN(CCBr)CC1. The molecule has 0 bridgehead atoms. The van der Waals surface area contributed by atoms with Crippen LogP contribution in [-0.2, 0) is 0 Å². The number of amides is 1. The zero-order valence-corrected chi connectivity index (χ0v) is 12.3. The molecule has 0 saturated carbocycles. The maximum atomic E-state index is 13.1. The Kier molecular flexibility index (Phi) is 5.04. The van der Waals surface area contributed by atoms with Crippen LogP contribution in [0.1, 0.15) is 10.4 Å². The Morgan fingerprint density at radius 1 is 1.10 bits per heavy atom. The Labute approximate surface area is 123 Å². The monoisotopic (exact) mass is 350 g/mol. The number of hydrogen-bond donors (Lipinski definition) is 0. The van der Waals surface area contributed by atoms with E-state index in [1.54, 1.807) is 0 Å². The molecule has 3 nitrogen and oxygen atoms in total. The molecule has 0 aliphatic carbocycles. The molecule has 20 heavy (non-hydrogen) atoms. The third-order valence-electron chi connectivity index (χ3n) is 3.29. The highest BCUT2D eigenvalue weighted by Gasteiger charge is 2.23. The van der Waals surface area contributed by atoms with Crippen LogP contribution in [0.25, 0.3) is 0 Å². The van der Waals surface area contributed by atoms with E-state index < -0.39 is 23.4 Å². The van der Waals surface area contributed by atoms with Gasteiger partial charge in [0.2, 0.25) is 0 Å². The van der Waals surface area contributed by atoms with Crippen LogP contribution >= 0.6 is 15.9 Å². The highest BCUT2D eigenvalue weighted by molar-refractivity contribution is 9.09. The lowest BCUT2D eigenvalue weighted by atomic mass is 10.1. The first-order valence-corrected chi connectivity index (χ1v) is 7.37. The minimum atomic E-state index is -1.55. The van der Waals surface area contributed by atoms with E-state index >= 15 is 0 Å². The van der Waals surface area contributed by atoms with Crippen molar-refractivity contribution < 1.29 is 18.0 Å². The van der Waals surface area contributed by atoms with Gasteiger partial charge in [-0.05, 0) is 12.1 Å². The van der Waals surface area contributed by atoms with E-state index in [0.29, 0.717) is 26.2 Å². The quantitative estimate of drug-likeness (QED) is 0.616. The molecule has 0 atom stereocenters. The van der Waals surface area contributed by atoms with E-state index in [1.165, 1.54) is 4.90 Å². The summed E-state index contributed by atoms with van der Waals surface area (Å²) in [7, 11) is 0. The van der Waals surface area contributed by atoms with Gasteiger partial charge in [-0.25, -0.2) is 13.2 Å². The van der Waals surface area contributed by atoms with Crippen LogP contribution < -0.4 is 0 Å². The lowest BCUT2D eigenvalue weighted by Crippen LogP contribution is -2.49. The van der Waals surface area contributed by atoms with Crippen molar-refractivity contribution in [3.63, 3.8) is 0 Å². The van der Waals surface area contributed by atoms with Crippen LogP contribution in [0, 0.1) is 17.5 Å². The summed E-state index contributed by atoms with van der Waals surface area (Å²) in [6, 6.07) is 1.48. The first kappa shape index (κ1) is 15.3. The van der Waals surface area contributed by atoms with Crippen molar-refractivity contribution in [1.82, 2.24) is 9.80 Å². The predicted molar refractivity (Wildman–Crippen MR) is 72.5 cm³/mol. The molecule has 7 heteroatoms. The fraction of sp³-hybridized carbons (Fsp3) is 0.462. The van der Waals surface area contributed by atoms with Crippen molar-refractivity contribution in [2.75, 3.05) is 38.1 Å². The molecule has 1 amide bonds. The van der Waals surface area contributed by atoms with Crippen LogP contribution in [0.15, 0.2) is 12.1 Å². The van der Waals surface area contributed by atoms with Crippen LogP contribution in [0.3, 0.4) is 0 Å². The fourth-order valence-corrected chi connectivity index (χ4v) is 2.66. The minimum absolute atomic E-state index is 0.157. The summed E-state index contributed by atoms with van der Waals surface area (Å²) in [6.07, 6.45) is 0. The molecule has 1 heterocycles. The molecule has 110 valence electrons. The molecule has 1 aliphatic heterocycles. The Hall–Kier alpha value is -1.08. The van der Waals surface area contributed by atoms with Crippen LogP contribution in [0.2, 0.25) is 0 Å². The Morgan fingerprint density at radius 2 is 1.65 bits per heavy atom. The Balaban J connectivity index is 2.06. The summed E-state index contributed by atoms with van der Waals surface area (Å²) in [5.41, 5.74) is -0.157. The number of carbonyl (C=O) groups is 1. The highest BCUT2D eigenvalue weighted by Crippen LogP contribution is 2.16. The molecule has 1 aromatic rings. The second-order valence-electron chi connectivity index (χ2n) is 4.58. The minimum Gasteiger partial charge on any atom is -0.336 e.